The molecule has 0 spiro atoms. The molecule has 1 aliphatic rings. The van der Waals surface area contributed by atoms with Gasteiger partial charge in [0.25, 0.3) is 0 Å². The lowest BCUT2D eigenvalue weighted by atomic mass is 10.1. The Bertz CT molecular complexity index is 899. The Morgan fingerprint density at radius 2 is 2.08 bits per heavy atom. The van der Waals surface area contributed by atoms with Crippen LogP contribution in [-0.4, -0.2) is 18.5 Å². The largest absolute Gasteiger partial charge is 0.489 e. The van der Waals surface area contributed by atoms with Crippen molar-refractivity contribution >= 4 is 29.5 Å². The van der Waals surface area contributed by atoms with Gasteiger partial charge in [-0.1, -0.05) is 42.4 Å². The summed E-state index contributed by atoms with van der Waals surface area (Å²) >= 11 is 5.97. The number of esters is 1. The number of hydrogen-bond donors (Lipinski definition) is 0. The lowest BCUT2D eigenvalue weighted by Crippen LogP contribution is -2.05. The van der Waals surface area contributed by atoms with Crippen LogP contribution in [-0.2, 0) is 9.53 Å². The Morgan fingerprint density at radius 3 is 2.84 bits per heavy atom. The van der Waals surface area contributed by atoms with Gasteiger partial charge in [-0.2, -0.15) is 0 Å². The van der Waals surface area contributed by atoms with Crippen LogP contribution in [0, 0.1) is 0 Å². The number of ether oxygens (including phenoxy) is 2. The lowest BCUT2D eigenvalue weighted by Gasteiger charge is -2.08. The fraction of sp³-hybridized carbons (Fsp3) is 0.100. The number of carbonyl (C=O) groups excluding carboxylic acids is 1. The second-order valence-electron chi connectivity index (χ2n) is 5.63. The number of carbonyl (C=O) groups is 1. The van der Waals surface area contributed by atoms with Crippen LogP contribution in [0.3, 0.4) is 0 Å². The Kier molecular flexibility index (Phi) is 5.00. The summed E-state index contributed by atoms with van der Waals surface area (Å²) in [6.45, 7) is 6.11. The highest BCUT2D eigenvalue weighted by molar-refractivity contribution is 6.31. The van der Waals surface area contributed by atoms with E-state index >= 15 is 0 Å². The summed E-state index contributed by atoms with van der Waals surface area (Å²) in [6.07, 6.45) is 1.65. The van der Waals surface area contributed by atoms with Crippen molar-refractivity contribution in [1.82, 2.24) is 0 Å². The van der Waals surface area contributed by atoms with Gasteiger partial charge in [-0.3, -0.25) is 0 Å². The van der Waals surface area contributed by atoms with E-state index in [2.05, 4.69) is 11.6 Å². The number of rotatable bonds is 5. The molecule has 0 saturated heterocycles. The predicted molar refractivity (Wildman–Crippen MR) is 98.8 cm³/mol. The number of hydrogen-bond acceptors (Lipinski definition) is 4. The molecule has 25 heavy (non-hydrogen) atoms. The zero-order chi connectivity index (χ0) is 17.8. The molecule has 1 heterocycles. The molecule has 0 radical (unpaired) electrons. The first-order valence-electron chi connectivity index (χ1n) is 7.67. The van der Waals surface area contributed by atoms with Crippen LogP contribution >= 0.6 is 11.6 Å². The van der Waals surface area contributed by atoms with Gasteiger partial charge in [0.1, 0.15) is 12.4 Å². The van der Waals surface area contributed by atoms with Crippen molar-refractivity contribution < 1.29 is 14.3 Å². The maximum absolute atomic E-state index is 12.1. The Labute approximate surface area is 151 Å². The second-order valence-corrected chi connectivity index (χ2v) is 6.07. The quantitative estimate of drug-likeness (QED) is 0.447. The molecule has 0 saturated carbocycles. The van der Waals surface area contributed by atoms with E-state index in [4.69, 9.17) is 21.1 Å². The molecule has 0 aliphatic carbocycles. The van der Waals surface area contributed by atoms with Gasteiger partial charge in [0.15, 0.2) is 5.70 Å². The van der Waals surface area contributed by atoms with Crippen molar-refractivity contribution in [3.05, 3.63) is 82.5 Å². The van der Waals surface area contributed by atoms with Crippen LogP contribution in [0.1, 0.15) is 18.1 Å². The summed E-state index contributed by atoms with van der Waals surface area (Å²) in [7, 11) is 0. The molecular weight excluding hydrogens is 338 g/mol. The van der Waals surface area contributed by atoms with Crippen molar-refractivity contribution in [2.24, 2.45) is 4.99 Å². The third-order valence-electron chi connectivity index (χ3n) is 3.38. The van der Waals surface area contributed by atoms with Gasteiger partial charge in [-0.25, -0.2) is 9.79 Å². The monoisotopic (exact) mass is 353 g/mol. The van der Waals surface area contributed by atoms with E-state index in [1.54, 1.807) is 30.3 Å². The second kappa shape index (κ2) is 7.36. The third kappa shape index (κ3) is 4.17. The van der Waals surface area contributed by atoms with E-state index < -0.39 is 5.97 Å². The number of para-hydroxylation sites is 1. The first kappa shape index (κ1) is 17.0. The zero-order valence-electron chi connectivity index (χ0n) is 13.7. The maximum atomic E-state index is 12.1. The van der Waals surface area contributed by atoms with Gasteiger partial charge < -0.3 is 9.47 Å². The van der Waals surface area contributed by atoms with E-state index in [-0.39, 0.29) is 11.6 Å². The Hall–Kier alpha value is -2.85. The summed E-state index contributed by atoms with van der Waals surface area (Å²) in [4.78, 5) is 16.4. The standard InChI is InChI=1S/C20H16ClNO3/c1-13(2)12-24-18-9-4-3-6-14(18)11-17-20(23)25-19(22-17)15-7-5-8-16(21)10-15/h3-11H,1,12H2,2H3/b17-11+. The van der Waals surface area contributed by atoms with E-state index in [9.17, 15) is 4.79 Å². The average molecular weight is 354 g/mol. The van der Waals surface area contributed by atoms with Gasteiger partial charge in [-0.15, -0.1) is 0 Å². The SMILES string of the molecule is C=C(C)COc1ccccc1/C=C1/N=C(c2cccc(Cl)c2)OC1=O. The van der Waals surface area contributed by atoms with Crippen molar-refractivity contribution in [2.75, 3.05) is 6.61 Å². The van der Waals surface area contributed by atoms with Gasteiger partial charge in [-0.05, 0) is 42.8 Å². The number of aliphatic imine (C=N–C) groups is 1. The van der Waals surface area contributed by atoms with Gasteiger partial charge in [0, 0.05) is 16.1 Å². The Morgan fingerprint density at radius 1 is 1.28 bits per heavy atom. The highest BCUT2D eigenvalue weighted by Gasteiger charge is 2.24. The molecule has 0 bridgehead atoms. The van der Waals surface area contributed by atoms with Gasteiger partial charge >= 0.3 is 5.97 Å². The number of nitrogens with zero attached hydrogens (tertiary/aromatic N) is 1. The summed E-state index contributed by atoms with van der Waals surface area (Å²) in [5.41, 5.74) is 2.51. The molecular formula is C20H16ClNO3. The number of halogens is 1. The van der Waals surface area contributed by atoms with Crippen LogP contribution in [0.2, 0.25) is 5.02 Å². The van der Waals surface area contributed by atoms with Crippen LogP contribution in [0.25, 0.3) is 6.08 Å². The minimum atomic E-state index is -0.510. The van der Waals surface area contributed by atoms with E-state index in [0.717, 1.165) is 11.1 Å². The summed E-state index contributed by atoms with van der Waals surface area (Å²) in [6, 6.07) is 14.4. The molecule has 0 amide bonds. The molecule has 1 aliphatic heterocycles. The molecule has 2 aromatic carbocycles. The van der Waals surface area contributed by atoms with Crippen LogP contribution in [0.15, 0.2) is 71.4 Å². The molecule has 0 unspecified atom stereocenters. The van der Waals surface area contributed by atoms with Crippen molar-refractivity contribution in [3.63, 3.8) is 0 Å². The molecule has 0 fully saturated rings. The fourth-order valence-corrected chi connectivity index (χ4v) is 2.42. The lowest BCUT2D eigenvalue weighted by molar-refractivity contribution is -0.129. The minimum Gasteiger partial charge on any atom is -0.489 e. The summed E-state index contributed by atoms with van der Waals surface area (Å²) in [5, 5.41) is 0.548. The molecule has 4 nitrogen and oxygen atoms in total. The highest BCUT2D eigenvalue weighted by atomic mass is 35.5. The molecule has 3 rings (SSSR count). The molecule has 0 N–H and O–H groups in total. The van der Waals surface area contributed by atoms with Crippen LogP contribution in [0.5, 0.6) is 5.75 Å². The first-order chi connectivity index (χ1) is 12.0. The predicted octanol–water partition coefficient (Wildman–Crippen LogP) is 4.64. The zero-order valence-corrected chi connectivity index (χ0v) is 14.4. The average Bonchev–Trinajstić information content (AvgIpc) is 2.95. The first-order valence-corrected chi connectivity index (χ1v) is 8.05. The third-order valence-corrected chi connectivity index (χ3v) is 3.61. The van der Waals surface area contributed by atoms with E-state index in [0.29, 0.717) is 22.9 Å². The Balaban J connectivity index is 1.91. The fourth-order valence-electron chi connectivity index (χ4n) is 2.23. The summed E-state index contributed by atoms with van der Waals surface area (Å²) in [5.74, 6) is 0.376. The van der Waals surface area contributed by atoms with Crippen molar-refractivity contribution in [2.45, 2.75) is 6.92 Å². The topological polar surface area (TPSA) is 47.9 Å². The maximum Gasteiger partial charge on any atom is 0.363 e. The molecule has 126 valence electrons. The normalized spacial score (nSPS) is 15.0. The number of benzene rings is 2. The van der Waals surface area contributed by atoms with Crippen molar-refractivity contribution in [1.29, 1.82) is 0 Å². The van der Waals surface area contributed by atoms with Crippen LogP contribution in [0.4, 0.5) is 0 Å². The summed E-state index contributed by atoms with van der Waals surface area (Å²) < 4.78 is 11.0. The minimum absolute atomic E-state index is 0.210. The van der Waals surface area contributed by atoms with E-state index in [1.165, 1.54) is 0 Å². The van der Waals surface area contributed by atoms with Gasteiger partial charge in [0.2, 0.25) is 5.90 Å². The van der Waals surface area contributed by atoms with Gasteiger partial charge in [0.05, 0.1) is 0 Å². The molecule has 2 aromatic rings. The highest BCUT2D eigenvalue weighted by Crippen LogP contribution is 2.25. The molecule has 5 heteroatoms. The molecule has 0 aromatic heterocycles. The molecule has 0 atom stereocenters. The van der Waals surface area contributed by atoms with Crippen molar-refractivity contribution in [3.8, 4) is 5.75 Å². The van der Waals surface area contributed by atoms with E-state index in [1.807, 2.05) is 31.2 Å². The smallest absolute Gasteiger partial charge is 0.363 e. The van der Waals surface area contributed by atoms with Crippen LogP contribution < -0.4 is 4.74 Å². The number of cyclic esters (lactones) is 1.